The number of amides is 7. The van der Waals surface area contributed by atoms with Crippen LogP contribution in [0.1, 0.15) is 76.8 Å². The van der Waals surface area contributed by atoms with Gasteiger partial charge in [0.2, 0.25) is 17.7 Å². The quantitative estimate of drug-likeness (QED) is 0.0707. The molecular weight excluding hydrogens is 861 g/mol. The van der Waals surface area contributed by atoms with Gasteiger partial charge in [0.25, 0.3) is 17.4 Å². The van der Waals surface area contributed by atoms with Gasteiger partial charge in [-0.25, -0.2) is 14.3 Å². The predicted octanol–water partition coefficient (Wildman–Crippen LogP) is 4.39. The Bertz CT molecular complexity index is 2710. The smallest absolute Gasteiger partial charge is 0.333 e. The molecule has 0 aliphatic carbocycles. The lowest BCUT2D eigenvalue weighted by atomic mass is 10.00. The van der Waals surface area contributed by atoms with Crippen molar-refractivity contribution in [2.45, 2.75) is 97.4 Å². The summed E-state index contributed by atoms with van der Waals surface area (Å²) < 4.78 is 1.42. The minimum absolute atomic E-state index is 0.0309. The second-order valence-electron chi connectivity index (χ2n) is 16.8. The molecule has 0 spiro atoms. The van der Waals surface area contributed by atoms with E-state index in [0.717, 1.165) is 27.6 Å². The van der Waals surface area contributed by atoms with Crippen molar-refractivity contribution in [1.29, 1.82) is 0 Å². The molecule has 1 saturated heterocycles. The maximum absolute atomic E-state index is 14.1. The number of hydroxylamine groups is 2. The van der Waals surface area contributed by atoms with Gasteiger partial charge in [-0.1, -0.05) is 44.2 Å². The highest BCUT2D eigenvalue weighted by Crippen LogP contribution is 2.29. The van der Waals surface area contributed by atoms with Gasteiger partial charge in [-0.15, -0.1) is 5.06 Å². The van der Waals surface area contributed by atoms with Crippen LogP contribution in [0.25, 0.3) is 33.3 Å². The van der Waals surface area contributed by atoms with Gasteiger partial charge in [0.15, 0.2) is 0 Å². The maximum atomic E-state index is 14.1. The monoisotopic (exact) mass is 912 g/mol. The number of aryl methyl sites for hydroxylation is 1. The van der Waals surface area contributed by atoms with E-state index in [4.69, 9.17) is 9.94 Å². The van der Waals surface area contributed by atoms with E-state index in [1.54, 1.807) is 55.5 Å². The second kappa shape index (κ2) is 21.4. The number of fused-ring (bicyclic) bond motifs is 2. The second-order valence-corrected chi connectivity index (χ2v) is 16.8. The number of rotatable bonds is 18. The molecule has 2 aromatic carbocycles. The Morgan fingerprint density at radius 1 is 0.776 bits per heavy atom. The third-order valence-corrected chi connectivity index (χ3v) is 11.5. The molecular formula is C48H52N10O9. The average molecular weight is 913 g/mol. The molecule has 0 radical (unpaired) electrons. The summed E-state index contributed by atoms with van der Waals surface area (Å²) in [4.78, 5) is 117. The van der Waals surface area contributed by atoms with Crippen LogP contribution in [0.15, 0.2) is 90.1 Å². The fourth-order valence-corrected chi connectivity index (χ4v) is 7.75. The molecule has 67 heavy (non-hydrogen) atoms. The molecule has 5 aromatic rings. The Kier molecular flexibility index (Phi) is 15.1. The normalized spacial score (nSPS) is 14.1. The topological polar surface area (TPSA) is 244 Å². The molecule has 7 amide bonds. The third-order valence-electron chi connectivity index (χ3n) is 11.5. The van der Waals surface area contributed by atoms with Gasteiger partial charge in [0.1, 0.15) is 12.1 Å². The summed E-state index contributed by atoms with van der Waals surface area (Å²) in [6, 6.07) is 18.1. The molecule has 1 fully saturated rings. The minimum atomic E-state index is -0.970. The first-order valence-corrected chi connectivity index (χ1v) is 22.2. The van der Waals surface area contributed by atoms with E-state index in [2.05, 4.69) is 31.2 Å². The number of pyridine rings is 2. The highest BCUT2D eigenvalue weighted by Gasteiger charge is 2.33. The predicted molar refractivity (Wildman–Crippen MR) is 245 cm³/mol. The molecule has 3 aromatic heterocycles. The van der Waals surface area contributed by atoms with Crippen LogP contribution in [-0.2, 0) is 53.2 Å². The number of imide groups is 1. The van der Waals surface area contributed by atoms with Crippen molar-refractivity contribution < 1.29 is 38.4 Å². The number of hydrogen-bond acceptors (Lipinski definition) is 12. The number of unbranched alkanes of at least 4 members (excludes halogenated alkanes) is 1. The van der Waals surface area contributed by atoms with Crippen LogP contribution in [0.2, 0.25) is 0 Å². The summed E-state index contributed by atoms with van der Waals surface area (Å²) in [6.45, 7) is 6.45. The zero-order valence-electron chi connectivity index (χ0n) is 37.5. The first-order valence-electron chi connectivity index (χ1n) is 22.2. The van der Waals surface area contributed by atoms with Crippen LogP contribution in [0.5, 0.6) is 0 Å². The fourth-order valence-electron chi connectivity index (χ4n) is 7.75. The summed E-state index contributed by atoms with van der Waals surface area (Å²) in [5.41, 5.74) is 5.53. The Hall–Kier alpha value is -7.83. The molecule has 7 rings (SSSR count). The number of carbonyl (C=O) groups excluding carboxylic acids is 7. The summed E-state index contributed by atoms with van der Waals surface area (Å²) in [5, 5.41) is 17.1. The minimum Gasteiger partial charge on any atom is -0.354 e. The van der Waals surface area contributed by atoms with Crippen molar-refractivity contribution in [3.05, 3.63) is 107 Å². The summed E-state index contributed by atoms with van der Waals surface area (Å²) in [6.07, 6.45) is 5.78. The Morgan fingerprint density at radius 3 is 2.28 bits per heavy atom. The van der Waals surface area contributed by atoms with Crippen molar-refractivity contribution in [3.63, 3.8) is 0 Å². The lowest BCUT2D eigenvalue weighted by molar-refractivity contribution is -0.197. The van der Waals surface area contributed by atoms with Gasteiger partial charge in [-0.3, -0.25) is 38.7 Å². The van der Waals surface area contributed by atoms with Gasteiger partial charge in [0, 0.05) is 87.1 Å². The summed E-state index contributed by atoms with van der Waals surface area (Å²) >= 11 is 0. The molecule has 2 aliphatic rings. The molecule has 19 heteroatoms. The largest absolute Gasteiger partial charge is 0.354 e. The van der Waals surface area contributed by atoms with Gasteiger partial charge in [-0.05, 0) is 85.2 Å². The number of carbonyl (C=O) groups is 7. The molecule has 19 nitrogen and oxygen atoms in total. The van der Waals surface area contributed by atoms with Crippen molar-refractivity contribution in [2.24, 2.45) is 5.92 Å². The van der Waals surface area contributed by atoms with Crippen molar-refractivity contribution >= 4 is 58.1 Å². The molecule has 5 heterocycles. The van der Waals surface area contributed by atoms with Crippen LogP contribution >= 0.6 is 0 Å². The van der Waals surface area contributed by atoms with Gasteiger partial charge in [0.05, 0.1) is 16.8 Å². The fraction of sp³-hybridized carbons (Fsp3) is 0.354. The van der Waals surface area contributed by atoms with Gasteiger partial charge in [-0.2, -0.15) is 5.10 Å². The molecule has 348 valence electrons. The zero-order chi connectivity index (χ0) is 47.6. The van der Waals surface area contributed by atoms with Crippen LogP contribution in [0, 0.1) is 5.92 Å². The number of benzene rings is 2. The molecule has 0 bridgehead atoms. The van der Waals surface area contributed by atoms with Crippen molar-refractivity contribution in [2.75, 3.05) is 11.9 Å². The van der Waals surface area contributed by atoms with Crippen LogP contribution in [-0.4, -0.2) is 89.9 Å². The maximum Gasteiger partial charge on any atom is 0.333 e. The molecule has 1 unspecified atom stereocenters. The Labute approximate surface area is 385 Å². The molecule has 4 N–H and O–H groups in total. The number of urea groups is 1. The van der Waals surface area contributed by atoms with Crippen molar-refractivity contribution in [3.8, 4) is 22.4 Å². The molecule has 0 saturated carbocycles. The lowest BCUT2D eigenvalue weighted by Crippen LogP contribution is -2.54. The summed E-state index contributed by atoms with van der Waals surface area (Å²) in [7, 11) is 0. The van der Waals surface area contributed by atoms with Gasteiger partial charge >= 0.3 is 12.0 Å². The van der Waals surface area contributed by atoms with E-state index in [1.165, 1.54) is 11.6 Å². The van der Waals surface area contributed by atoms with E-state index in [-0.39, 0.29) is 62.7 Å². The Balaban J connectivity index is 0.926. The van der Waals surface area contributed by atoms with Crippen molar-refractivity contribution in [1.82, 2.24) is 45.7 Å². The number of aromatic nitrogens is 4. The van der Waals surface area contributed by atoms with E-state index in [1.807, 2.05) is 48.5 Å². The Morgan fingerprint density at radius 2 is 1.54 bits per heavy atom. The van der Waals surface area contributed by atoms with E-state index >= 15 is 0 Å². The van der Waals surface area contributed by atoms with E-state index in [0.29, 0.717) is 53.5 Å². The standard InChI is InChI=1S/C48H52N10O9/c1-29(2)44(54-40(59)12-7-13-43(62)67-58-41(60)18-19-42(58)61)46(64)52-30(3)45(63)51-21-4-5-24-57-47(65)37(35-9-6-11-38-36(35)10-8-22-50-38)25-39(55-57)31-14-16-34(17-15-31)53-48(66)56-27-32-20-23-49-26-33(32)28-56/h6,8-11,14-17,20,22-23,25-26,29-30,44H,4-5,7,12-13,18-19,21,24,27-28H2,1-3H3,(H,51,63)(H,52,64)(H,53,66)(H,54,59)/t30-,44?/m0/s1. The van der Waals surface area contributed by atoms with E-state index in [9.17, 15) is 38.4 Å². The van der Waals surface area contributed by atoms with Crippen LogP contribution in [0.4, 0.5) is 10.5 Å². The summed E-state index contributed by atoms with van der Waals surface area (Å²) in [5.74, 6) is -3.88. The highest BCUT2D eigenvalue weighted by atomic mass is 16.7. The first-order chi connectivity index (χ1) is 32.2. The van der Waals surface area contributed by atoms with Crippen LogP contribution < -0.4 is 26.8 Å². The number of anilines is 1. The van der Waals surface area contributed by atoms with Gasteiger partial charge < -0.3 is 31.0 Å². The van der Waals surface area contributed by atoms with Crippen LogP contribution in [0.3, 0.4) is 0 Å². The molecule has 2 aliphatic heterocycles. The zero-order valence-corrected chi connectivity index (χ0v) is 37.5. The number of nitrogens with one attached hydrogen (secondary N) is 4. The molecule has 2 atom stereocenters. The lowest BCUT2D eigenvalue weighted by Gasteiger charge is -2.24. The number of nitrogens with zero attached hydrogens (tertiary/aromatic N) is 6. The SMILES string of the molecule is CC(C)C(NC(=O)CCCC(=O)ON1C(=O)CCC1=O)C(=O)N[C@@H](C)C(=O)NCCCCn1nc(-c2ccc(NC(=O)N3Cc4ccncc4C3)cc2)cc(-c2cccc3ncccc23)c1=O. The van der Waals surface area contributed by atoms with E-state index < -0.39 is 47.6 Å². The number of hydrogen-bond donors (Lipinski definition) is 4. The first kappa shape index (κ1) is 47.1. The average Bonchev–Trinajstić information content (AvgIpc) is 3.90. The highest BCUT2D eigenvalue weighted by molar-refractivity contribution is 6.01. The third kappa shape index (κ3) is 11.7.